The molecule has 0 N–H and O–H groups in total. The molecule has 0 saturated carbocycles. The Balaban J connectivity index is 5.94. The van der Waals surface area contributed by atoms with Crippen LogP contribution in [0.5, 0.6) is 0 Å². The molecule has 0 fully saturated rings. The summed E-state index contributed by atoms with van der Waals surface area (Å²) in [5.41, 5.74) is 0. The normalized spacial score (nSPS) is 20.9. The zero-order valence-electron chi connectivity index (χ0n) is 19.1. The molecule has 0 bridgehead atoms. The van der Waals surface area contributed by atoms with Gasteiger partial charge in [0.15, 0.2) is 5.40 Å². The van der Waals surface area contributed by atoms with Crippen molar-refractivity contribution in [3.8, 4) is 0 Å². The Labute approximate surface area is 208 Å². The number of halogens is 4. The van der Waals surface area contributed by atoms with E-state index in [0.717, 1.165) is 0 Å². The molecule has 0 rings (SSSR count). The average molecular weight is 566 g/mol. The van der Waals surface area contributed by atoms with Gasteiger partial charge in [0.25, 0.3) is 0 Å². The Morgan fingerprint density at radius 3 is 0.903 bits per heavy atom. The Morgan fingerprint density at radius 1 is 0.516 bits per heavy atom. The van der Waals surface area contributed by atoms with Crippen LogP contribution in [-0.4, -0.2) is 53.3 Å². The third-order valence-electron chi connectivity index (χ3n) is 4.61. The fourth-order valence-electron chi connectivity index (χ4n) is 2.25. The van der Waals surface area contributed by atoms with Gasteiger partial charge in [0.1, 0.15) is 0 Å². The van der Waals surface area contributed by atoms with Gasteiger partial charge in [-0.1, -0.05) is 34.6 Å². The highest BCUT2D eigenvalue weighted by Gasteiger charge is 2.51. The topological polar surface area (TPSA) is 71.1 Å². The molecular weight excluding hydrogens is 528 g/mol. The van der Waals surface area contributed by atoms with Crippen LogP contribution < -0.4 is 0 Å². The van der Waals surface area contributed by atoms with Crippen molar-refractivity contribution in [3.63, 3.8) is 0 Å². The molecule has 0 spiro atoms. The van der Waals surface area contributed by atoms with Crippen LogP contribution >= 0.6 is 61.6 Å². The van der Waals surface area contributed by atoms with E-state index in [1.165, 1.54) is 0 Å². The first-order valence-corrected chi connectivity index (χ1v) is 15.8. The molecule has 0 aromatic rings. The largest absolute Gasteiger partial charge is 0.345 e. The second-order valence-corrected chi connectivity index (χ2v) is 14.5. The molecular formula is C19H38Cl4O6P2. The van der Waals surface area contributed by atoms with E-state index in [2.05, 4.69) is 0 Å². The highest BCUT2D eigenvalue weighted by atomic mass is 35.5. The number of rotatable bonds is 19. The number of hydrogen-bond acceptors (Lipinski definition) is 6. The smallest absolute Gasteiger partial charge is 0.306 e. The summed E-state index contributed by atoms with van der Waals surface area (Å²) in [5, 5.41) is -2.69. The molecule has 0 aliphatic rings. The van der Waals surface area contributed by atoms with Gasteiger partial charge in [-0.3, -0.25) is 9.13 Å². The van der Waals surface area contributed by atoms with Crippen molar-refractivity contribution in [1.82, 2.24) is 0 Å². The van der Waals surface area contributed by atoms with Gasteiger partial charge in [-0.25, -0.2) is 0 Å². The van der Waals surface area contributed by atoms with Crippen molar-refractivity contribution in [3.05, 3.63) is 0 Å². The predicted molar refractivity (Wildman–Crippen MR) is 133 cm³/mol. The van der Waals surface area contributed by atoms with Gasteiger partial charge in [0, 0.05) is 0 Å². The second-order valence-electron chi connectivity index (χ2n) is 7.17. The van der Waals surface area contributed by atoms with Crippen LogP contribution in [0.1, 0.15) is 66.7 Å². The van der Waals surface area contributed by atoms with Crippen LogP contribution in [0.15, 0.2) is 0 Å². The van der Waals surface area contributed by atoms with Gasteiger partial charge >= 0.3 is 15.2 Å². The van der Waals surface area contributed by atoms with Gasteiger partial charge < -0.3 is 18.1 Å². The Morgan fingerprint density at radius 2 is 0.742 bits per heavy atom. The average Bonchev–Trinajstić information content (AvgIpc) is 2.78. The first-order valence-electron chi connectivity index (χ1n) is 10.8. The maximum absolute atomic E-state index is 13.9. The molecule has 0 aromatic heterocycles. The molecule has 12 heteroatoms. The number of alkyl halides is 4. The van der Waals surface area contributed by atoms with Gasteiger partial charge in [-0.15, -0.1) is 46.4 Å². The van der Waals surface area contributed by atoms with E-state index >= 15 is 0 Å². The van der Waals surface area contributed by atoms with E-state index < -0.39 is 20.6 Å². The van der Waals surface area contributed by atoms with E-state index in [4.69, 9.17) is 64.5 Å². The maximum Gasteiger partial charge on any atom is 0.345 e. The van der Waals surface area contributed by atoms with Gasteiger partial charge in [0.05, 0.1) is 47.9 Å². The lowest BCUT2D eigenvalue weighted by molar-refractivity contribution is 0.178. The molecule has 31 heavy (non-hydrogen) atoms. The monoisotopic (exact) mass is 564 g/mol. The minimum Gasteiger partial charge on any atom is -0.306 e. The molecule has 0 radical (unpaired) electrons. The lowest BCUT2D eigenvalue weighted by atomic mass is 10.4. The SMILES string of the molecule is CCC(Cl)COP(=O)(OCC(Cl)CC)C(CC)P(=O)(OCC(Cl)CC)OCC(Cl)CC. The minimum absolute atomic E-state index is 0.0366. The first-order chi connectivity index (χ1) is 14.5. The standard InChI is InChI=1S/C19H38Cl4O6P2/c1-6-15(20)11-26-30(24,27-12-16(21)7-2)19(10-5)31(25,28-13-17(22)8-3)29-14-18(23)9-4/h15-19H,6-14H2,1-5H3. The summed E-state index contributed by atoms with van der Waals surface area (Å²) in [5.74, 6) is 0. The first kappa shape index (κ1) is 32.5. The summed E-state index contributed by atoms with van der Waals surface area (Å²) < 4.78 is 50.5. The molecule has 0 aliphatic heterocycles. The zero-order valence-corrected chi connectivity index (χ0v) is 23.9. The highest BCUT2D eigenvalue weighted by Crippen LogP contribution is 2.71. The quantitative estimate of drug-likeness (QED) is 0.116. The summed E-state index contributed by atoms with van der Waals surface area (Å²) in [4.78, 5) is 0. The fraction of sp³-hybridized carbons (Fsp3) is 1.00. The molecule has 0 aliphatic carbocycles. The van der Waals surface area contributed by atoms with Crippen molar-refractivity contribution in [2.75, 3.05) is 26.4 Å². The summed E-state index contributed by atoms with van der Waals surface area (Å²) in [7, 11) is -7.98. The second kappa shape index (κ2) is 17.0. The summed E-state index contributed by atoms with van der Waals surface area (Å²) in [6.07, 6.45) is 2.57. The minimum atomic E-state index is -3.99. The van der Waals surface area contributed by atoms with Crippen molar-refractivity contribution < 1.29 is 27.2 Å². The van der Waals surface area contributed by atoms with Crippen LogP contribution in [0.4, 0.5) is 0 Å². The van der Waals surface area contributed by atoms with Crippen LogP contribution in [0.3, 0.4) is 0 Å². The van der Waals surface area contributed by atoms with E-state index in [0.29, 0.717) is 25.7 Å². The van der Waals surface area contributed by atoms with Crippen LogP contribution in [0, 0.1) is 0 Å². The summed E-state index contributed by atoms with van der Waals surface area (Å²) in [6, 6.07) is 0. The molecule has 0 amide bonds. The van der Waals surface area contributed by atoms with E-state index in [9.17, 15) is 9.13 Å². The summed E-state index contributed by atoms with van der Waals surface area (Å²) in [6.45, 7) is 9.09. The van der Waals surface area contributed by atoms with Crippen LogP contribution in [-0.2, 0) is 27.2 Å². The van der Waals surface area contributed by atoms with Crippen molar-refractivity contribution in [1.29, 1.82) is 0 Å². The molecule has 188 valence electrons. The van der Waals surface area contributed by atoms with E-state index in [-0.39, 0.29) is 54.4 Å². The molecule has 6 nitrogen and oxygen atoms in total. The Hall–Kier alpha value is 1.46. The molecule has 0 saturated heterocycles. The Kier molecular flexibility index (Phi) is 17.8. The van der Waals surface area contributed by atoms with Crippen molar-refractivity contribution in [2.45, 2.75) is 93.6 Å². The van der Waals surface area contributed by atoms with Gasteiger partial charge in [-0.2, -0.15) is 0 Å². The van der Waals surface area contributed by atoms with Crippen LogP contribution in [0.2, 0.25) is 0 Å². The van der Waals surface area contributed by atoms with Crippen molar-refractivity contribution in [2.24, 2.45) is 0 Å². The maximum atomic E-state index is 13.9. The fourth-order valence-corrected chi connectivity index (χ4v) is 8.32. The van der Waals surface area contributed by atoms with Gasteiger partial charge in [0.2, 0.25) is 0 Å². The predicted octanol–water partition coefficient (Wildman–Crippen LogP) is 8.24. The zero-order chi connectivity index (χ0) is 24.1. The third kappa shape index (κ3) is 12.1. The lowest BCUT2D eigenvalue weighted by Crippen LogP contribution is -2.23. The molecule has 0 aromatic carbocycles. The summed E-state index contributed by atoms with van der Waals surface area (Å²) >= 11 is 24.7. The number of hydrogen-bond donors (Lipinski definition) is 0. The van der Waals surface area contributed by atoms with Crippen LogP contribution in [0.25, 0.3) is 0 Å². The lowest BCUT2D eigenvalue weighted by Gasteiger charge is -2.32. The third-order valence-corrected chi connectivity index (χ3v) is 12.3. The molecule has 0 heterocycles. The van der Waals surface area contributed by atoms with Gasteiger partial charge in [-0.05, 0) is 32.1 Å². The van der Waals surface area contributed by atoms with Crippen molar-refractivity contribution >= 4 is 61.6 Å². The molecule has 4 atom stereocenters. The van der Waals surface area contributed by atoms with E-state index in [1.807, 2.05) is 27.7 Å². The highest BCUT2D eigenvalue weighted by molar-refractivity contribution is 7.72. The Bertz CT molecular complexity index is 490. The molecule has 4 unspecified atom stereocenters. The van der Waals surface area contributed by atoms with E-state index in [1.54, 1.807) is 6.92 Å².